The van der Waals surface area contributed by atoms with Gasteiger partial charge < -0.3 is 34.1 Å². The highest BCUT2D eigenvalue weighted by molar-refractivity contribution is 6.03. The predicted octanol–water partition coefficient (Wildman–Crippen LogP) is 2.57. The van der Waals surface area contributed by atoms with Crippen molar-refractivity contribution >= 4 is 23.7 Å². The van der Waals surface area contributed by atoms with E-state index in [0.717, 1.165) is 18.4 Å². The fraction of sp³-hybridized carbons (Fsp3) is 0.560. The van der Waals surface area contributed by atoms with Crippen molar-refractivity contribution in [3.63, 3.8) is 0 Å². The topological polar surface area (TPSA) is 107 Å². The van der Waals surface area contributed by atoms with Gasteiger partial charge in [0.25, 0.3) is 0 Å². The molecule has 35 heavy (non-hydrogen) atoms. The Balaban J connectivity index is 1.58. The van der Waals surface area contributed by atoms with Gasteiger partial charge in [-0.25, -0.2) is 14.4 Å². The van der Waals surface area contributed by atoms with Crippen molar-refractivity contribution in [2.75, 3.05) is 45.5 Å². The van der Waals surface area contributed by atoms with Crippen LogP contribution in [0.4, 0.5) is 10.5 Å². The average molecular weight is 490 g/mol. The second kappa shape index (κ2) is 11.5. The van der Waals surface area contributed by atoms with Crippen LogP contribution in [0.3, 0.4) is 0 Å². The number of carbonyl (C=O) groups excluding carboxylic acids is 3. The number of hydrogen-bond donors (Lipinski definition) is 1. The van der Waals surface area contributed by atoms with E-state index >= 15 is 0 Å². The lowest BCUT2D eigenvalue weighted by Gasteiger charge is -2.34. The number of piperidine rings is 1. The minimum absolute atomic E-state index is 0.0254. The Morgan fingerprint density at radius 2 is 1.66 bits per heavy atom. The van der Waals surface area contributed by atoms with Crippen LogP contribution in [0, 0.1) is 0 Å². The van der Waals surface area contributed by atoms with Gasteiger partial charge >= 0.3 is 18.0 Å². The maximum Gasteiger partial charge on any atom is 0.410 e. The second-order valence-electron chi connectivity index (χ2n) is 9.50. The van der Waals surface area contributed by atoms with E-state index in [-0.39, 0.29) is 30.7 Å². The van der Waals surface area contributed by atoms with Gasteiger partial charge in [0, 0.05) is 31.4 Å². The lowest BCUT2D eigenvalue weighted by atomic mass is 10.0. The number of hydrogen-bond acceptors (Lipinski definition) is 9. The third-order valence-electron chi connectivity index (χ3n) is 5.82. The lowest BCUT2D eigenvalue weighted by Crippen LogP contribution is -2.46. The first kappa shape index (κ1) is 26.5. The number of likely N-dealkylation sites (tertiary alicyclic amines) is 1. The van der Waals surface area contributed by atoms with Crippen LogP contribution in [0.15, 0.2) is 35.5 Å². The minimum Gasteiger partial charge on any atom is -0.466 e. The standard InChI is InChI=1S/C25H35N3O7/c1-25(2,3)35-24(31)27-12-10-18(11-13-27)26-14-17-6-8-19(9-7-17)28-16-34-15-20(22(29)32-4)21(28)23(30)33-5/h6-9,18,26H,10-16H2,1-5H3. The summed E-state index contributed by atoms with van der Waals surface area (Å²) >= 11 is 0. The molecule has 3 rings (SSSR count). The highest BCUT2D eigenvalue weighted by Crippen LogP contribution is 2.27. The molecule has 2 heterocycles. The first-order valence-corrected chi connectivity index (χ1v) is 11.7. The van der Waals surface area contributed by atoms with E-state index in [1.165, 1.54) is 14.2 Å². The van der Waals surface area contributed by atoms with E-state index < -0.39 is 17.5 Å². The summed E-state index contributed by atoms with van der Waals surface area (Å²) in [5.74, 6) is -1.26. The van der Waals surface area contributed by atoms with E-state index in [9.17, 15) is 14.4 Å². The van der Waals surface area contributed by atoms with Crippen molar-refractivity contribution in [3.05, 3.63) is 41.1 Å². The molecule has 1 amide bonds. The minimum atomic E-state index is -0.631. The van der Waals surface area contributed by atoms with E-state index in [1.54, 1.807) is 9.80 Å². The van der Waals surface area contributed by atoms with Gasteiger partial charge in [0.2, 0.25) is 0 Å². The SMILES string of the molecule is COC(=O)C1=C(C(=O)OC)N(c2ccc(CNC3CCN(C(=O)OC(C)(C)C)CC3)cc2)COC1. The zero-order valence-corrected chi connectivity index (χ0v) is 21.1. The van der Waals surface area contributed by atoms with E-state index in [0.29, 0.717) is 31.4 Å². The number of esters is 2. The number of benzene rings is 1. The number of anilines is 1. The summed E-state index contributed by atoms with van der Waals surface area (Å²) < 4.78 is 20.7. The van der Waals surface area contributed by atoms with Crippen LogP contribution in [-0.4, -0.2) is 75.2 Å². The van der Waals surface area contributed by atoms with Crippen LogP contribution in [0.1, 0.15) is 39.2 Å². The number of carbonyl (C=O) groups is 3. The van der Waals surface area contributed by atoms with Crippen molar-refractivity contribution in [1.29, 1.82) is 0 Å². The van der Waals surface area contributed by atoms with Crippen LogP contribution < -0.4 is 10.2 Å². The quantitative estimate of drug-likeness (QED) is 0.477. The molecule has 0 aliphatic carbocycles. The summed E-state index contributed by atoms with van der Waals surface area (Å²) in [5.41, 5.74) is 1.51. The highest BCUT2D eigenvalue weighted by Gasteiger charge is 2.32. The molecule has 1 fully saturated rings. The van der Waals surface area contributed by atoms with Gasteiger partial charge in [-0.05, 0) is 51.3 Å². The number of amides is 1. The van der Waals surface area contributed by atoms with E-state index in [2.05, 4.69) is 5.32 Å². The molecule has 192 valence electrons. The first-order valence-electron chi connectivity index (χ1n) is 11.7. The molecule has 10 heteroatoms. The van der Waals surface area contributed by atoms with Crippen molar-refractivity contribution < 1.29 is 33.3 Å². The van der Waals surface area contributed by atoms with Crippen LogP contribution >= 0.6 is 0 Å². The largest absolute Gasteiger partial charge is 0.466 e. The number of nitrogens with one attached hydrogen (secondary N) is 1. The number of ether oxygens (including phenoxy) is 4. The molecule has 1 N–H and O–H groups in total. The zero-order valence-electron chi connectivity index (χ0n) is 21.1. The molecular weight excluding hydrogens is 454 g/mol. The number of nitrogens with zero attached hydrogens (tertiary/aromatic N) is 2. The van der Waals surface area contributed by atoms with Gasteiger partial charge in [0.05, 0.1) is 26.4 Å². The van der Waals surface area contributed by atoms with E-state index in [4.69, 9.17) is 18.9 Å². The fourth-order valence-electron chi connectivity index (χ4n) is 4.00. The molecule has 1 aromatic carbocycles. The molecule has 1 aromatic rings. The fourth-order valence-corrected chi connectivity index (χ4v) is 4.00. The molecule has 0 bridgehead atoms. The number of methoxy groups -OCH3 is 2. The summed E-state index contributed by atoms with van der Waals surface area (Å²) in [6, 6.07) is 7.96. The smallest absolute Gasteiger partial charge is 0.410 e. The molecule has 10 nitrogen and oxygen atoms in total. The Bertz CT molecular complexity index is 945. The number of rotatable bonds is 6. The van der Waals surface area contributed by atoms with Gasteiger partial charge in [-0.3, -0.25) is 0 Å². The van der Waals surface area contributed by atoms with Gasteiger partial charge in [-0.2, -0.15) is 0 Å². The third-order valence-corrected chi connectivity index (χ3v) is 5.82. The highest BCUT2D eigenvalue weighted by atomic mass is 16.6. The molecular formula is C25H35N3O7. The van der Waals surface area contributed by atoms with Gasteiger partial charge in [-0.1, -0.05) is 12.1 Å². The Labute approximate surface area is 206 Å². The zero-order chi connectivity index (χ0) is 25.6. The van der Waals surface area contributed by atoms with Crippen molar-refractivity contribution in [1.82, 2.24) is 10.2 Å². The molecule has 1 saturated heterocycles. The lowest BCUT2D eigenvalue weighted by molar-refractivity contribution is -0.140. The molecule has 0 saturated carbocycles. The summed E-state index contributed by atoms with van der Waals surface area (Å²) in [5, 5.41) is 3.55. The van der Waals surface area contributed by atoms with Gasteiger partial charge in [0.1, 0.15) is 18.0 Å². The average Bonchev–Trinajstić information content (AvgIpc) is 2.85. The Hall–Kier alpha value is -3.11. The van der Waals surface area contributed by atoms with Crippen LogP contribution in [0.25, 0.3) is 0 Å². The van der Waals surface area contributed by atoms with Crippen LogP contribution in [0.5, 0.6) is 0 Å². The predicted molar refractivity (Wildman–Crippen MR) is 128 cm³/mol. The molecule has 0 unspecified atom stereocenters. The van der Waals surface area contributed by atoms with Crippen molar-refractivity contribution in [3.8, 4) is 0 Å². The van der Waals surface area contributed by atoms with Crippen molar-refractivity contribution in [2.24, 2.45) is 0 Å². The normalized spacial score (nSPS) is 17.3. The maximum atomic E-state index is 12.4. The second-order valence-corrected chi connectivity index (χ2v) is 9.50. The summed E-state index contributed by atoms with van der Waals surface area (Å²) in [7, 11) is 2.52. The molecule has 0 radical (unpaired) electrons. The summed E-state index contributed by atoms with van der Waals surface area (Å²) in [6.45, 7) is 7.67. The first-order chi connectivity index (χ1) is 16.6. The van der Waals surface area contributed by atoms with E-state index in [1.807, 2.05) is 45.0 Å². The van der Waals surface area contributed by atoms with Crippen LogP contribution in [-0.2, 0) is 35.1 Å². The molecule has 0 atom stereocenters. The molecule has 0 spiro atoms. The maximum absolute atomic E-state index is 12.4. The Morgan fingerprint density at radius 1 is 1.03 bits per heavy atom. The van der Waals surface area contributed by atoms with Crippen LogP contribution in [0.2, 0.25) is 0 Å². The Kier molecular flexibility index (Phi) is 8.74. The third kappa shape index (κ3) is 6.95. The summed E-state index contributed by atoms with van der Waals surface area (Å²) in [4.78, 5) is 40.2. The molecule has 0 aromatic heterocycles. The molecule has 2 aliphatic rings. The molecule has 2 aliphatic heterocycles. The van der Waals surface area contributed by atoms with Crippen molar-refractivity contribution in [2.45, 2.75) is 51.8 Å². The van der Waals surface area contributed by atoms with Gasteiger partial charge in [-0.15, -0.1) is 0 Å². The monoisotopic (exact) mass is 489 g/mol. The van der Waals surface area contributed by atoms with Gasteiger partial charge in [0.15, 0.2) is 0 Å². The summed E-state index contributed by atoms with van der Waals surface area (Å²) in [6.07, 6.45) is 1.45. The Morgan fingerprint density at radius 3 is 2.23 bits per heavy atom.